The van der Waals surface area contributed by atoms with E-state index in [1.807, 2.05) is 19.5 Å². The molecule has 1 aromatic heterocycles. The van der Waals surface area contributed by atoms with E-state index in [0.29, 0.717) is 12.0 Å². The van der Waals surface area contributed by atoms with Gasteiger partial charge in [0.1, 0.15) is 0 Å². The Kier molecular flexibility index (Phi) is 3.95. The largest absolute Gasteiger partial charge is 0.359 e. The lowest BCUT2D eigenvalue weighted by Crippen LogP contribution is -2.70. The zero-order chi connectivity index (χ0) is 20.3. The zero-order valence-corrected chi connectivity index (χ0v) is 17.4. The Labute approximate surface area is 176 Å². The van der Waals surface area contributed by atoms with Gasteiger partial charge in [-0.2, -0.15) is 0 Å². The van der Waals surface area contributed by atoms with Gasteiger partial charge in [-0.3, -0.25) is 9.69 Å². The molecule has 2 N–H and O–H groups in total. The quantitative estimate of drug-likeness (QED) is 0.798. The van der Waals surface area contributed by atoms with E-state index >= 15 is 0 Å². The normalized spacial score (nSPS) is 23.0. The summed E-state index contributed by atoms with van der Waals surface area (Å²) in [5.74, 6) is 0.740. The third kappa shape index (κ3) is 2.68. The van der Waals surface area contributed by atoms with Crippen molar-refractivity contribution in [3.05, 3.63) is 46.8 Å². The molecule has 0 radical (unpaired) electrons. The second-order valence-corrected chi connectivity index (χ2v) is 9.63. The van der Waals surface area contributed by atoms with Crippen LogP contribution < -0.4 is 10.6 Å². The number of aromatic nitrogens is 2. The van der Waals surface area contributed by atoms with E-state index in [4.69, 9.17) is 0 Å². The first-order chi connectivity index (χ1) is 14.6. The van der Waals surface area contributed by atoms with Crippen molar-refractivity contribution in [3.8, 4) is 0 Å². The molecule has 7 heteroatoms. The number of benzene rings is 1. The minimum Gasteiger partial charge on any atom is -0.359 e. The first kappa shape index (κ1) is 18.3. The number of amides is 1. The first-order valence-electron chi connectivity index (χ1n) is 11.0. The van der Waals surface area contributed by atoms with Gasteiger partial charge < -0.3 is 15.2 Å². The van der Waals surface area contributed by atoms with E-state index in [0.717, 1.165) is 62.6 Å². The summed E-state index contributed by atoms with van der Waals surface area (Å²) in [6.07, 6.45) is 9.13. The molecule has 1 saturated carbocycles. The van der Waals surface area contributed by atoms with Crippen LogP contribution in [0.5, 0.6) is 0 Å². The van der Waals surface area contributed by atoms with Gasteiger partial charge in [0.2, 0.25) is 5.95 Å². The van der Waals surface area contributed by atoms with Crippen molar-refractivity contribution in [1.29, 1.82) is 0 Å². The van der Waals surface area contributed by atoms with Crippen LogP contribution in [0.2, 0.25) is 0 Å². The number of rotatable bonds is 5. The SMILES string of the molecule is CNc1nccn1Cc1cc(CN2CC3(CNC3)C2)c2c(c1)C(=O)N=CC21CCC1. The number of hydrogen-bond acceptors (Lipinski definition) is 5. The first-order valence-corrected chi connectivity index (χ1v) is 11.0. The van der Waals surface area contributed by atoms with Crippen LogP contribution in [0, 0.1) is 5.41 Å². The molecule has 0 unspecified atom stereocenters. The zero-order valence-electron chi connectivity index (χ0n) is 17.4. The highest BCUT2D eigenvalue weighted by Gasteiger charge is 2.48. The molecule has 156 valence electrons. The fourth-order valence-corrected chi connectivity index (χ4v) is 5.81. The van der Waals surface area contributed by atoms with Crippen molar-refractivity contribution >= 4 is 18.1 Å². The van der Waals surface area contributed by atoms with Gasteiger partial charge in [-0.1, -0.05) is 12.5 Å². The predicted octanol–water partition coefficient (Wildman–Crippen LogP) is 2.02. The number of nitrogens with zero attached hydrogens (tertiary/aromatic N) is 4. The van der Waals surface area contributed by atoms with Crippen LogP contribution >= 0.6 is 0 Å². The van der Waals surface area contributed by atoms with Crippen LogP contribution in [0.15, 0.2) is 29.5 Å². The maximum atomic E-state index is 12.8. The second kappa shape index (κ2) is 6.49. The highest BCUT2D eigenvalue weighted by atomic mass is 16.1. The van der Waals surface area contributed by atoms with Crippen molar-refractivity contribution < 1.29 is 4.79 Å². The molecule has 7 nitrogen and oxygen atoms in total. The minimum atomic E-state index is -0.0895. The Hall–Kier alpha value is -2.51. The number of carbonyl (C=O) groups is 1. The molecule has 1 aliphatic carbocycles. The molecule has 30 heavy (non-hydrogen) atoms. The van der Waals surface area contributed by atoms with Crippen LogP contribution in [-0.4, -0.2) is 59.8 Å². The highest BCUT2D eigenvalue weighted by molar-refractivity contribution is 6.06. The van der Waals surface area contributed by atoms with E-state index < -0.39 is 0 Å². The molecule has 0 bridgehead atoms. The van der Waals surface area contributed by atoms with Crippen molar-refractivity contribution in [2.45, 2.75) is 37.8 Å². The molecular weight excluding hydrogens is 376 g/mol. The maximum Gasteiger partial charge on any atom is 0.277 e. The average Bonchev–Trinajstić information content (AvgIpc) is 3.09. The molecule has 2 aromatic rings. The van der Waals surface area contributed by atoms with Gasteiger partial charge in [-0.05, 0) is 35.6 Å². The number of imidazole rings is 1. The fraction of sp³-hybridized carbons (Fsp3) is 0.522. The number of likely N-dealkylation sites (tertiary alicyclic amines) is 1. The lowest BCUT2D eigenvalue weighted by molar-refractivity contribution is -0.0447. The van der Waals surface area contributed by atoms with Crippen molar-refractivity contribution in [2.75, 3.05) is 38.5 Å². The van der Waals surface area contributed by atoms with E-state index in [1.165, 1.54) is 17.5 Å². The van der Waals surface area contributed by atoms with E-state index in [1.54, 1.807) is 6.20 Å². The number of carbonyl (C=O) groups excluding carboxylic acids is 1. The number of hydrogen-bond donors (Lipinski definition) is 2. The molecule has 2 saturated heterocycles. The van der Waals surface area contributed by atoms with Crippen molar-refractivity contribution in [2.24, 2.45) is 10.4 Å². The van der Waals surface area contributed by atoms with E-state index in [2.05, 4.69) is 42.2 Å². The summed E-state index contributed by atoms with van der Waals surface area (Å²) in [5, 5.41) is 6.55. The second-order valence-electron chi connectivity index (χ2n) is 9.63. The lowest BCUT2D eigenvalue weighted by atomic mass is 9.61. The molecule has 4 heterocycles. The summed E-state index contributed by atoms with van der Waals surface area (Å²) in [6.45, 7) is 6.20. The van der Waals surface area contributed by atoms with Crippen molar-refractivity contribution in [3.63, 3.8) is 0 Å². The Bertz CT molecular complexity index is 1040. The molecule has 0 atom stereocenters. The topological polar surface area (TPSA) is 74.6 Å². The lowest BCUT2D eigenvalue weighted by Gasteiger charge is -2.56. The molecule has 3 fully saturated rings. The van der Waals surface area contributed by atoms with Gasteiger partial charge in [0.15, 0.2) is 0 Å². The predicted molar refractivity (Wildman–Crippen MR) is 116 cm³/mol. The summed E-state index contributed by atoms with van der Waals surface area (Å²) in [7, 11) is 1.88. The Morgan fingerprint density at radius 3 is 2.70 bits per heavy atom. The third-order valence-electron chi connectivity index (χ3n) is 7.49. The standard InChI is InChI=1S/C23H28N6O/c1-24-21-26-5-6-29(21)9-16-7-17(10-28-14-22(15-28)11-25-12-22)19-18(8-16)20(30)27-13-23(19)3-2-4-23/h5-8,13,25H,2-4,9-12,14-15H2,1H3,(H,24,26). The van der Waals surface area contributed by atoms with Gasteiger partial charge >= 0.3 is 0 Å². The molecule has 3 aliphatic heterocycles. The van der Waals surface area contributed by atoms with Gasteiger partial charge in [0, 0.05) is 74.8 Å². The monoisotopic (exact) mass is 404 g/mol. The average molecular weight is 405 g/mol. The Morgan fingerprint density at radius 2 is 2.03 bits per heavy atom. The van der Waals surface area contributed by atoms with E-state index in [-0.39, 0.29) is 11.3 Å². The number of aliphatic imine (C=N–C) groups is 1. The summed E-state index contributed by atoms with van der Waals surface area (Å²) in [6, 6.07) is 4.40. The molecule has 2 spiro atoms. The van der Waals surface area contributed by atoms with Crippen molar-refractivity contribution in [1.82, 2.24) is 19.8 Å². The minimum absolute atomic E-state index is 0.0250. The summed E-state index contributed by atoms with van der Waals surface area (Å²) < 4.78 is 2.08. The van der Waals surface area contributed by atoms with Crippen LogP contribution in [-0.2, 0) is 18.5 Å². The van der Waals surface area contributed by atoms with Gasteiger partial charge in [0.05, 0.1) is 6.54 Å². The summed E-state index contributed by atoms with van der Waals surface area (Å²) >= 11 is 0. The number of anilines is 1. The van der Waals surface area contributed by atoms with E-state index in [9.17, 15) is 4.79 Å². The van der Waals surface area contributed by atoms with Crippen LogP contribution in [0.3, 0.4) is 0 Å². The van der Waals surface area contributed by atoms with Gasteiger partial charge in [0.25, 0.3) is 5.91 Å². The molecule has 1 amide bonds. The highest BCUT2D eigenvalue weighted by Crippen LogP contribution is 2.48. The molecule has 6 rings (SSSR count). The molecule has 4 aliphatic rings. The fourth-order valence-electron chi connectivity index (χ4n) is 5.81. The smallest absolute Gasteiger partial charge is 0.277 e. The summed E-state index contributed by atoms with van der Waals surface area (Å²) in [4.78, 5) is 24.0. The number of fused-ring (bicyclic) bond motifs is 2. The third-order valence-corrected chi connectivity index (χ3v) is 7.49. The van der Waals surface area contributed by atoms with Crippen LogP contribution in [0.1, 0.15) is 46.3 Å². The Morgan fingerprint density at radius 1 is 1.20 bits per heavy atom. The van der Waals surface area contributed by atoms with Crippen LogP contribution in [0.25, 0.3) is 0 Å². The Balaban J connectivity index is 1.38. The van der Waals surface area contributed by atoms with Gasteiger partial charge in [-0.25, -0.2) is 9.98 Å². The molecular formula is C23H28N6O. The summed E-state index contributed by atoms with van der Waals surface area (Å²) in [5.41, 5.74) is 5.00. The van der Waals surface area contributed by atoms with Gasteiger partial charge in [-0.15, -0.1) is 0 Å². The molecule has 1 aromatic carbocycles. The van der Waals surface area contributed by atoms with Crippen LogP contribution in [0.4, 0.5) is 5.95 Å². The maximum absolute atomic E-state index is 12.8. The number of nitrogens with one attached hydrogen (secondary N) is 2.